The van der Waals surface area contributed by atoms with E-state index in [2.05, 4.69) is 0 Å². The van der Waals surface area contributed by atoms with E-state index in [9.17, 15) is 0 Å². The predicted molar refractivity (Wildman–Crippen MR) is 142 cm³/mol. The molecule has 0 atom stereocenters. The minimum absolute atomic E-state index is 0.00344. The van der Waals surface area contributed by atoms with Crippen LogP contribution in [0.4, 0.5) is 0 Å². The highest BCUT2D eigenvalue weighted by atomic mass is 35.9. The fraction of sp³-hybridized carbons (Fsp3) is 1.00. The third-order valence-corrected chi connectivity index (χ3v) is 14.8. The van der Waals surface area contributed by atoms with Crippen LogP contribution in [-0.2, 0) is 17.7 Å². The second-order valence-electron chi connectivity index (χ2n) is 5.35. The van der Waals surface area contributed by atoms with Crippen LogP contribution in [0, 0.1) is 0 Å². The Morgan fingerprint density at radius 3 is 0.655 bits per heavy atom. The number of hydrogen-bond acceptors (Lipinski definition) is 4. The van der Waals surface area contributed by atoms with E-state index in [1.54, 1.807) is 0 Å². The molecule has 0 spiro atoms. The van der Waals surface area contributed by atoms with Crippen LogP contribution in [0.5, 0.6) is 0 Å². The summed E-state index contributed by atoms with van der Waals surface area (Å²) in [6.07, 6.45) is 0. The predicted octanol–water partition coefficient (Wildman–Crippen LogP) is 8.11. The summed E-state index contributed by atoms with van der Waals surface area (Å²) in [5, 5.41) is 0. The first-order chi connectivity index (χ1) is 12.8. The molecule has 0 unspecified atom stereocenters. The monoisotopic (exact) mass is 736 g/mol. The van der Waals surface area contributed by atoms with Gasteiger partial charge in [-0.3, -0.25) is 0 Å². The lowest BCUT2D eigenvalue weighted by atomic mass is 10.9. The van der Waals surface area contributed by atoms with Crippen molar-refractivity contribution < 1.29 is 17.7 Å². The lowest BCUT2D eigenvalue weighted by Crippen LogP contribution is -2.51. The average molecular weight is 742 g/mol. The second kappa shape index (κ2) is 14.8. The van der Waals surface area contributed by atoms with Crippen molar-refractivity contribution in [1.29, 1.82) is 0 Å². The van der Waals surface area contributed by atoms with Gasteiger partial charge >= 0.3 is 33.1 Å². The molecule has 0 amide bonds. The molecule has 0 aromatic heterocycles. The summed E-state index contributed by atoms with van der Waals surface area (Å²) in [7, 11) is -3.81. The van der Waals surface area contributed by atoms with Crippen molar-refractivity contribution in [3.63, 3.8) is 0 Å². The fourth-order valence-electron chi connectivity index (χ4n) is 1.42. The van der Waals surface area contributed by atoms with Gasteiger partial charge in [-0.1, -0.05) is 0 Å². The third-order valence-electron chi connectivity index (χ3n) is 2.66. The first-order valence-corrected chi connectivity index (χ1v) is 30.3. The van der Waals surface area contributed by atoms with Crippen LogP contribution in [0.1, 0.15) is 0 Å². The van der Waals surface area contributed by atoms with Crippen LogP contribution < -0.4 is 0 Å². The van der Waals surface area contributed by atoms with Gasteiger partial charge in [0.2, 0.25) is 0 Å². The number of halogens is 12. The summed E-state index contributed by atoms with van der Waals surface area (Å²) in [6.45, 7) is -0.0138. The Morgan fingerprint density at radius 1 is 0.345 bits per heavy atom. The number of rotatable bonds is 16. The van der Waals surface area contributed by atoms with Crippen molar-refractivity contribution >= 4 is 166 Å². The Hall–Kier alpha value is 4.40. The molecule has 0 saturated heterocycles. The molecule has 0 N–H and O–H groups in total. The molecule has 0 bridgehead atoms. The van der Waals surface area contributed by atoms with Gasteiger partial charge < -0.3 is 17.7 Å². The molecule has 0 saturated carbocycles. The molecule has 4 nitrogen and oxygen atoms in total. The second-order valence-corrected chi connectivity index (χ2v) is 44.6. The molecule has 0 aliphatic heterocycles. The summed E-state index contributed by atoms with van der Waals surface area (Å²) >= 11 is 70.8. The van der Waals surface area contributed by atoms with Crippen molar-refractivity contribution in [3.8, 4) is 0 Å². The van der Waals surface area contributed by atoms with E-state index >= 15 is 0 Å². The smallest absolute Gasteiger partial charge is 0.351 e. The van der Waals surface area contributed by atoms with Crippen LogP contribution in [-0.4, -0.2) is 59.5 Å². The molecule has 0 heterocycles. The van der Waals surface area contributed by atoms with Gasteiger partial charge in [-0.25, -0.2) is 0 Å². The molecule has 176 valence electrons. The van der Waals surface area contributed by atoms with E-state index < -0.39 is 33.1 Å². The maximum Gasteiger partial charge on any atom is 0.679 e. The SMILES string of the molecule is Cl[Si](Cl)(Cl)CCO[Si](OCC[Si](Cl)(Cl)Cl)(OCC[Si](Cl)(Cl)Cl)OCC[Si](Cl)(Cl)Cl. The molecule has 0 aliphatic carbocycles. The lowest BCUT2D eigenvalue weighted by Gasteiger charge is -2.29. The van der Waals surface area contributed by atoms with Crippen LogP contribution in [0.3, 0.4) is 0 Å². The summed E-state index contributed by atoms with van der Waals surface area (Å²) in [6, 6.07) is -11.2. The van der Waals surface area contributed by atoms with E-state index in [4.69, 9.17) is 151 Å². The first-order valence-electron chi connectivity index (χ1n) is 7.65. The highest BCUT2D eigenvalue weighted by Crippen LogP contribution is 2.30. The van der Waals surface area contributed by atoms with Gasteiger partial charge in [-0.05, 0) is 0 Å². The van der Waals surface area contributed by atoms with E-state index in [1.807, 2.05) is 0 Å². The Balaban J connectivity index is 5.26. The van der Waals surface area contributed by atoms with E-state index in [1.165, 1.54) is 0 Å². The number of hydrogen-bond donors (Lipinski definition) is 0. The van der Waals surface area contributed by atoms with E-state index in [-0.39, 0.29) is 50.6 Å². The molecular formula is C8H16Cl12O4Si5. The van der Waals surface area contributed by atoms with Gasteiger partial charge in [0.25, 0.3) is 0 Å². The summed E-state index contributed by atoms with van der Waals surface area (Å²) < 4.78 is 23.0. The van der Waals surface area contributed by atoms with Crippen LogP contribution >= 0.6 is 133 Å². The van der Waals surface area contributed by atoms with Gasteiger partial charge in [-0.15, -0.1) is 133 Å². The van der Waals surface area contributed by atoms with E-state index in [0.29, 0.717) is 0 Å². The van der Waals surface area contributed by atoms with Crippen molar-refractivity contribution in [2.24, 2.45) is 0 Å². The van der Waals surface area contributed by atoms with Crippen LogP contribution in [0.25, 0.3) is 0 Å². The lowest BCUT2D eigenvalue weighted by molar-refractivity contribution is -0.0247. The zero-order valence-corrected chi connectivity index (χ0v) is 28.4. The molecule has 0 radical (unpaired) electrons. The van der Waals surface area contributed by atoms with Crippen molar-refractivity contribution in [2.75, 3.05) is 26.4 Å². The molecule has 0 aromatic rings. The van der Waals surface area contributed by atoms with E-state index in [0.717, 1.165) is 0 Å². The van der Waals surface area contributed by atoms with Gasteiger partial charge in [-0.2, -0.15) is 0 Å². The maximum atomic E-state index is 5.90. The highest BCUT2D eigenvalue weighted by Gasteiger charge is 2.48. The average Bonchev–Trinajstić information content (AvgIpc) is 2.41. The van der Waals surface area contributed by atoms with Gasteiger partial charge in [0.05, 0.1) is 0 Å². The normalized spacial score (nSPS) is 14.5. The van der Waals surface area contributed by atoms with Gasteiger partial charge in [0.1, 0.15) is 0 Å². The van der Waals surface area contributed by atoms with Crippen LogP contribution in [0.15, 0.2) is 0 Å². The third kappa shape index (κ3) is 22.6. The van der Waals surface area contributed by atoms with Crippen molar-refractivity contribution in [3.05, 3.63) is 0 Å². The summed E-state index contributed by atoms with van der Waals surface area (Å²) in [5.74, 6) is 0. The molecule has 29 heavy (non-hydrogen) atoms. The Bertz CT molecular complexity index is 382. The zero-order valence-electron chi connectivity index (χ0n) is 14.3. The Morgan fingerprint density at radius 2 is 0.517 bits per heavy atom. The standard InChI is InChI=1S/C8H16Cl12O4Si5/c9-25(10,11)5-1-21-29(22-2-6-26(12,13)14,23-3-7-27(15,16)17)24-4-8-28(18,19)20/h1-8H2. The zero-order chi connectivity index (χ0) is 23.0. The summed E-state index contributed by atoms with van der Waals surface area (Å²) in [4.78, 5) is 0. The van der Waals surface area contributed by atoms with Gasteiger partial charge in [0, 0.05) is 50.6 Å². The quantitative estimate of drug-likeness (QED) is 0.118. The molecule has 0 aromatic carbocycles. The minimum Gasteiger partial charge on any atom is -0.351 e. The Kier molecular flexibility index (Phi) is 17.1. The Labute approximate surface area is 231 Å². The first kappa shape index (κ1) is 33.4. The summed E-state index contributed by atoms with van der Waals surface area (Å²) in [5.41, 5.74) is 0. The van der Waals surface area contributed by atoms with Crippen molar-refractivity contribution in [2.45, 2.75) is 24.2 Å². The molecule has 0 rings (SSSR count). The molecule has 0 aliphatic rings. The molecule has 0 fully saturated rings. The van der Waals surface area contributed by atoms with Crippen LogP contribution in [0.2, 0.25) is 24.2 Å². The largest absolute Gasteiger partial charge is 0.679 e. The maximum absolute atomic E-state index is 5.90. The minimum atomic E-state index is -3.81. The molecule has 21 heteroatoms. The highest BCUT2D eigenvalue weighted by molar-refractivity contribution is 7.66. The fourth-order valence-corrected chi connectivity index (χ4v) is 8.25. The molecular weight excluding hydrogens is 726 g/mol. The van der Waals surface area contributed by atoms with Gasteiger partial charge in [0.15, 0.2) is 0 Å². The van der Waals surface area contributed by atoms with Crippen molar-refractivity contribution in [1.82, 2.24) is 0 Å². The topological polar surface area (TPSA) is 36.9 Å².